The molecular formula is C14H20BrN. The van der Waals surface area contributed by atoms with Gasteiger partial charge in [0.05, 0.1) is 5.69 Å². The molecule has 0 aliphatic carbocycles. The maximum Gasteiger partial charge on any atom is 0.0521 e. The molecular weight excluding hydrogens is 262 g/mol. The van der Waals surface area contributed by atoms with E-state index in [-0.39, 0.29) is 0 Å². The second-order valence-corrected chi connectivity index (χ2v) is 5.86. The van der Waals surface area contributed by atoms with Crippen molar-refractivity contribution >= 4 is 21.6 Å². The smallest absolute Gasteiger partial charge is 0.0521 e. The Morgan fingerprint density at radius 2 is 2.19 bits per heavy atom. The molecule has 1 heterocycles. The zero-order valence-corrected chi connectivity index (χ0v) is 11.8. The molecule has 2 atom stereocenters. The summed E-state index contributed by atoms with van der Waals surface area (Å²) < 4.78 is 1.20. The van der Waals surface area contributed by atoms with Gasteiger partial charge in [0.1, 0.15) is 0 Å². The largest absolute Gasteiger partial charge is 0.383 e. The molecule has 88 valence electrons. The Hall–Kier alpha value is -0.500. The van der Waals surface area contributed by atoms with Gasteiger partial charge in [-0.1, -0.05) is 39.3 Å². The molecule has 1 aliphatic heterocycles. The third-order valence-electron chi connectivity index (χ3n) is 3.79. The van der Waals surface area contributed by atoms with Crippen LogP contribution in [0.25, 0.3) is 0 Å². The van der Waals surface area contributed by atoms with Gasteiger partial charge < -0.3 is 5.32 Å². The van der Waals surface area contributed by atoms with Crippen LogP contribution in [0.5, 0.6) is 0 Å². The number of nitrogens with one attached hydrogen (secondary N) is 1. The van der Waals surface area contributed by atoms with E-state index in [0.717, 1.165) is 18.4 Å². The molecule has 0 fully saturated rings. The molecule has 1 N–H and O–H groups in total. The lowest BCUT2D eigenvalue weighted by molar-refractivity contribution is 0.321. The molecule has 2 unspecified atom stereocenters. The molecule has 2 heteroatoms. The Morgan fingerprint density at radius 3 is 2.81 bits per heavy atom. The first-order valence-electron chi connectivity index (χ1n) is 6.17. The minimum absolute atomic E-state index is 0.678. The molecule has 0 radical (unpaired) electrons. The van der Waals surface area contributed by atoms with Crippen LogP contribution in [-0.2, 0) is 0 Å². The lowest BCUT2D eigenvalue weighted by Gasteiger charge is -2.26. The fraction of sp³-hybridized carbons (Fsp3) is 0.571. The van der Waals surface area contributed by atoms with Crippen molar-refractivity contribution in [1.82, 2.24) is 0 Å². The molecule has 0 spiro atoms. The number of halogens is 1. The predicted molar refractivity (Wildman–Crippen MR) is 74.0 cm³/mol. The van der Waals surface area contributed by atoms with Crippen LogP contribution in [0.2, 0.25) is 0 Å². The first kappa shape index (κ1) is 12.0. The Kier molecular flexibility index (Phi) is 3.58. The van der Waals surface area contributed by atoms with Gasteiger partial charge in [-0.05, 0) is 39.4 Å². The van der Waals surface area contributed by atoms with Crippen LogP contribution in [0.1, 0.15) is 38.7 Å². The van der Waals surface area contributed by atoms with E-state index in [1.54, 1.807) is 0 Å². The van der Waals surface area contributed by atoms with Crippen LogP contribution < -0.4 is 5.32 Å². The van der Waals surface area contributed by atoms with E-state index < -0.39 is 0 Å². The Labute approximate surface area is 107 Å². The fourth-order valence-electron chi connectivity index (χ4n) is 2.96. The van der Waals surface area contributed by atoms with E-state index >= 15 is 0 Å². The number of benzene rings is 1. The maximum atomic E-state index is 3.62. The molecule has 2 rings (SSSR count). The molecule has 0 aromatic heterocycles. The Bertz CT molecular complexity index is 373. The van der Waals surface area contributed by atoms with Gasteiger partial charge in [0, 0.05) is 16.9 Å². The number of para-hydroxylation sites is 1. The standard InChI is InChI=1S/C14H20BrN/c1-4-10(9(2)3)12-8-16-14-11(12)6-5-7-13(14)15/h5-7,9-10,12,16H,4,8H2,1-3H3. The number of hydrogen-bond acceptors (Lipinski definition) is 1. The molecule has 1 nitrogen and oxygen atoms in total. The highest BCUT2D eigenvalue weighted by Crippen LogP contribution is 2.43. The number of anilines is 1. The van der Waals surface area contributed by atoms with Crippen molar-refractivity contribution in [2.24, 2.45) is 11.8 Å². The summed E-state index contributed by atoms with van der Waals surface area (Å²) >= 11 is 3.62. The van der Waals surface area contributed by atoms with Crippen LogP contribution in [0.4, 0.5) is 5.69 Å². The molecule has 0 saturated heterocycles. The highest BCUT2D eigenvalue weighted by atomic mass is 79.9. The fourth-order valence-corrected chi connectivity index (χ4v) is 3.48. The first-order valence-corrected chi connectivity index (χ1v) is 6.96. The summed E-state index contributed by atoms with van der Waals surface area (Å²) in [6.45, 7) is 8.07. The SMILES string of the molecule is CCC(C(C)C)C1CNc2c(Br)cccc21. The van der Waals surface area contributed by atoms with Crippen LogP contribution in [0.15, 0.2) is 22.7 Å². The minimum Gasteiger partial charge on any atom is -0.383 e. The van der Waals surface area contributed by atoms with Crippen LogP contribution in [0, 0.1) is 11.8 Å². The van der Waals surface area contributed by atoms with Gasteiger partial charge in [-0.3, -0.25) is 0 Å². The number of fused-ring (bicyclic) bond motifs is 1. The van der Waals surface area contributed by atoms with E-state index in [1.165, 1.54) is 22.1 Å². The second kappa shape index (κ2) is 4.79. The van der Waals surface area contributed by atoms with E-state index in [2.05, 4.69) is 60.2 Å². The molecule has 1 aliphatic rings. The van der Waals surface area contributed by atoms with E-state index in [0.29, 0.717) is 5.92 Å². The first-order chi connectivity index (χ1) is 7.65. The van der Waals surface area contributed by atoms with Crippen molar-refractivity contribution in [2.45, 2.75) is 33.1 Å². The molecule has 0 bridgehead atoms. The normalized spacial score (nSPS) is 20.7. The van der Waals surface area contributed by atoms with Gasteiger partial charge in [-0.15, -0.1) is 0 Å². The van der Waals surface area contributed by atoms with E-state index in [9.17, 15) is 0 Å². The van der Waals surface area contributed by atoms with E-state index in [4.69, 9.17) is 0 Å². The van der Waals surface area contributed by atoms with Crippen molar-refractivity contribution in [3.63, 3.8) is 0 Å². The average Bonchev–Trinajstić information content (AvgIpc) is 2.64. The highest BCUT2D eigenvalue weighted by molar-refractivity contribution is 9.10. The molecule has 0 saturated carbocycles. The average molecular weight is 282 g/mol. The monoisotopic (exact) mass is 281 g/mol. The third-order valence-corrected chi connectivity index (χ3v) is 4.45. The van der Waals surface area contributed by atoms with E-state index in [1.807, 2.05) is 0 Å². The van der Waals surface area contributed by atoms with Crippen molar-refractivity contribution in [3.05, 3.63) is 28.2 Å². The summed E-state index contributed by atoms with van der Waals surface area (Å²) in [4.78, 5) is 0. The minimum atomic E-state index is 0.678. The topological polar surface area (TPSA) is 12.0 Å². The van der Waals surface area contributed by atoms with Crippen LogP contribution in [-0.4, -0.2) is 6.54 Å². The van der Waals surface area contributed by atoms with Crippen molar-refractivity contribution in [2.75, 3.05) is 11.9 Å². The van der Waals surface area contributed by atoms with Gasteiger partial charge in [-0.25, -0.2) is 0 Å². The van der Waals surface area contributed by atoms with Gasteiger partial charge in [0.2, 0.25) is 0 Å². The lowest BCUT2D eigenvalue weighted by Crippen LogP contribution is -2.19. The second-order valence-electron chi connectivity index (χ2n) is 5.01. The summed E-state index contributed by atoms with van der Waals surface area (Å²) in [5, 5.41) is 3.54. The van der Waals surface area contributed by atoms with Gasteiger partial charge in [0.15, 0.2) is 0 Å². The van der Waals surface area contributed by atoms with Gasteiger partial charge >= 0.3 is 0 Å². The van der Waals surface area contributed by atoms with Gasteiger partial charge in [-0.2, -0.15) is 0 Å². The quantitative estimate of drug-likeness (QED) is 0.851. The lowest BCUT2D eigenvalue weighted by atomic mass is 9.79. The zero-order chi connectivity index (χ0) is 11.7. The molecule has 0 amide bonds. The maximum absolute atomic E-state index is 3.62. The summed E-state index contributed by atoms with van der Waals surface area (Å²) in [6, 6.07) is 6.54. The molecule has 16 heavy (non-hydrogen) atoms. The highest BCUT2D eigenvalue weighted by Gasteiger charge is 2.31. The van der Waals surface area contributed by atoms with Crippen molar-refractivity contribution < 1.29 is 0 Å². The zero-order valence-electron chi connectivity index (χ0n) is 10.3. The third kappa shape index (κ3) is 2.00. The number of rotatable bonds is 3. The van der Waals surface area contributed by atoms with Gasteiger partial charge in [0.25, 0.3) is 0 Å². The number of hydrogen-bond donors (Lipinski definition) is 1. The van der Waals surface area contributed by atoms with Crippen LogP contribution in [0.3, 0.4) is 0 Å². The summed E-state index contributed by atoms with van der Waals surface area (Å²) in [7, 11) is 0. The van der Waals surface area contributed by atoms with Crippen molar-refractivity contribution in [1.29, 1.82) is 0 Å². The Balaban J connectivity index is 2.32. The predicted octanol–water partition coefficient (Wildman–Crippen LogP) is 4.64. The van der Waals surface area contributed by atoms with Crippen LogP contribution >= 0.6 is 15.9 Å². The molecule has 1 aromatic carbocycles. The summed E-state index contributed by atoms with van der Waals surface area (Å²) in [5.41, 5.74) is 2.81. The molecule has 1 aromatic rings. The van der Waals surface area contributed by atoms with Crippen molar-refractivity contribution in [3.8, 4) is 0 Å². The summed E-state index contributed by atoms with van der Waals surface area (Å²) in [5.74, 6) is 2.21. The Morgan fingerprint density at radius 1 is 1.44 bits per heavy atom. The summed E-state index contributed by atoms with van der Waals surface area (Å²) in [6.07, 6.45) is 1.26.